The maximum absolute atomic E-state index is 12.1. The van der Waals surface area contributed by atoms with Gasteiger partial charge in [-0.05, 0) is 13.0 Å². The number of hydrogen-bond acceptors (Lipinski definition) is 6. The normalized spacial score (nSPS) is 11.0. The number of aliphatic hydroxyl groups excluding tert-OH is 2. The third-order valence-electron chi connectivity index (χ3n) is 2.75. The number of aliphatic hydroxyl groups is 2. The van der Waals surface area contributed by atoms with E-state index in [9.17, 15) is 14.9 Å². The summed E-state index contributed by atoms with van der Waals surface area (Å²) < 4.78 is 4.97. The number of nitro groups is 1. The molecule has 0 aromatic heterocycles. The van der Waals surface area contributed by atoms with E-state index in [0.717, 1.165) is 6.07 Å². The molecule has 8 heteroatoms. The molecule has 0 fully saturated rings. The average Bonchev–Trinajstić information content (AvgIpc) is 2.46. The molecule has 0 bridgehead atoms. The van der Waals surface area contributed by atoms with E-state index in [0.29, 0.717) is 0 Å². The zero-order valence-corrected chi connectivity index (χ0v) is 11.1. The number of rotatable bonds is 6. The molecule has 0 heterocycles. The van der Waals surface area contributed by atoms with Crippen LogP contribution in [0, 0.1) is 10.1 Å². The highest BCUT2D eigenvalue weighted by Crippen LogP contribution is 2.24. The van der Waals surface area contributed by atoms with Gasteiger partial charge in [0.15, 0.2) is 0 Å². The summed E-state index contributed by atoms with van der Waals surface area (Å²) in [5.41, 5.74) is -1.53. The zero-order chi connectivity index (χ0) is 15.3. The van der Waals surface area contributed by atoms with Crippen molar-refractivity contribution >= 4 is 11.6 Å². The molecular weight excluding hydrogens is 268 g/mol. The highest BCUT2D eigenvalue weighted by Gasteiger charge is 2.27. The first-order valence-electron chi connectivity index (χ1n) is 5.73. The van der Waals surface area contributed by atoms with E-state index in [-0.39, 0.29) is 17.0 Å². The van der Waals surface area contributed by atoms with Crippen LogP contribution in [0.2, 0.25) is 0 Å². The molecule has 3 N–H and O–H groups in total. The van der Waals surface area contributed by atoms with Crippen LogP contribution in [0.5, 0.6) is 5.75 Å². The van der Waals surface area contributed by atoms with Gasteiger partial charge in [0, 0.05) is 12.1 Å². The molecule has 0 aliphatic heterocycles. The summed E-state index contributed by atoms with van der Waals surface area (Å²) in [4.78, 5) is 22.2. The van der Waals surface area contributed by atoms with Crippen LogP contribution < -0.4 is 10.1 Å². The number of amides is 1. The summed E-state index contributed by atoms with van der Waals surface area (Å²) in [5, 5.41) is 31.4. The number of hydrogen-bond donors (Lipinski definition) is 3. The number of benzene rings is 1. The summed E-state index contributed by atoms with van der Waals surface area (Å²) in [6.45, 7) is 0.480. The van der Waals surface area contributed by atoms with Crippen molar-refractivity contribution in [1.82, 2.24) is 5.32 Å². The van der Waals surface area contributed by atoms with Crippen LogP contribution in [0.1, 0.15) is 17.3 Å². The standard InChI is InChI=1S/C12H16N2O6/c1-12(6-15,7-16)13-11(17)9-5-8(14(18)19)3-4-10(9)20-2/h3-5,15-16H,6-7H2,1-2H3,(H,13,17). The van der Waals surface area contributed by atoms with Crippen LogP contribution in [0.4, 0.5) is 5.69 Å². The van der Waals surface area contributed by atoms with Gasteiger partial charge >= 0.3 is 0 Å². The van der Waals surface area contributed by atoms with E-state index in [1.54, 1.807) is 0 Å². The van der Waals surface area contributed by atoms with E-state index >= 15 is 0 Å². The quantitative estimate of drug-likeness (QED) is 0.502. The maximum atomic E-state index is 12.1. The first-order chi connectivity index (χ1) is 9.36. The molecule has 1 aromatic carbocycles. The second kappa shape index (κ2) is 6.31. The predicted octanol–water partition coefficient (Wildman–Crippen LogP) is 0.0765. The topological polar surface area (TPSA) is 122 Å². The molecule has 1 rings (SSSR count). The minimum atomic E-state index is -1.23. The number of ether oxygens (including phenoxy) is 1. The Kier molecular flexibility index (Phi) is 5.00. The van der Waals surface area contributed by atoms with Crippen LogP contribution in [-0.2, 0) is 0 Å². The molecule has 1 amide bonds. The second-order valence-corrected chi connectivity index (χ2v) is 4.47. The molecule has 0 aliphatic rings. The summed E-state index contributed by atoms with van der Waals surface area (Å²) in [6, 6.07) is 3.60. The van der Waals surface area contributed by atoms with Crippen molar-refractivity contribution in [2.45, 2.75) is 12.5 Å². The van der Waals surface area contributed by atoms with Gasteiger partial charge in [-0.15, -0.1) is 0 Å². The van der Waals surface area contributed by atoms with Gasteiger partial charge in [-0.2, -0.15) is 0 Å². The number of carbonyl (C=O) groups excluding carboxylic acids is 1. The van der Waals surface area contributed by atoms with Gasteiger partial charge in [-0.1, -0.05) is 0 Å². The van der Waals surface area contributed by atoms with Gasteiger partial charge in [0.05, 0.1) is 36.3 Å². The molecular formula is C12H16N2O6. The van der Waals surface area contributed by atoms with Crippen molar-refractivity contribution in [3.8, 4) is 5.75 Å². The van der Waals surface area contributed by atoms with Crippen LogP contribution in [0.15, 0.2) is 18.2 Å². The van der Waals surface area contributed by atoms with E-state index in [1.807, 2.05) is 0 Å². The number of nitro benzene ring substituents is 1. The molecule has 8 nitrogen and oxygen atoms in total. The first-order valence-corrected chi connectivity index (χ1v) is 5.73. The van der Waals surface area contributed by atoms with Crippen molar-refractivity contribution in [3.63, 3.8) is 0 Å². The Morgan fingerprint density at radius 1 is 1.45 bits per heavy atom. The molecule has 110 valence electrons. The number of nitrogens with zero attached hydrogens (tertiary/aromatic N) is 1. The smallest absolute Gasteiger partial charge is 0.270 e. The number of nitrogens with one attached hydrogen (secondary N) is 1. The lowest BCUT2D eigenvalue weighted by atomic mass is 10.0. The molecule has 1 aromatic rings. The second-order valence-electron chi connectivity index (χ2n) is 4.47. The van der Waals surface area contributed by atoms with E-state index in [4.69, 9.17) is 14.9 Å². The predicted molar refractivity (Wildman–Crippen MR) is 69.7 cm³/mol. The Labute approximate surface area is 115 Å². The Morgan fingerprint density at radius 2 is 2.05 bits per heavy atom. The maximum Gasteiger partial charge on any atom is 0.270 e. The molecule has 0 aliphatic carbocycles. The summed E-state index contributed by atoms with van der Waals surface area (Å²) in [7, 11) is 1.33. The number of methoxy groups -OCH3 is 1. The molecule has 20 heavy (non-hydrogen) atoms. The average molecular weight is 284 g/mol. The van der Waals surface area contributed by atoms with Crippen molar-refractivity contribution in [2.75, 3.05) is 20.3 Å². The molecule has 0 spiro atoms. The van der Waals surface area contributed by atoms with Gasteiger partial charge in [-0.3, -0.25) is 14.9 Å². The largest absolute Gasteiger partial charge is 0.496 e. The van der Waals surface area contributed by atoms with Gasteiger partial charge in [0.25, 0.3) is 11.6 Å². The van der Waals surface area contributed by atoms with Crippen molar-refractivity contribution < 1.29 is 24.7 Å². The van der Waals surface area contributed by atoms with E-state index in [1.165, 1.54) is 26.2 Å². The fourth-order valence-electron chi connectivity index (χ4n) is 1.46. The fourth-order valence-corrected chi connectivity index (χ4v) is 1.46. The third-order valence-corrected chi connectivity index (χ3v) is 2.75. The fraction of sp³-hybridized carbons (Fsp3) is 0.417. The van der Waals surface area contributed by atoms with Gasteiger partial charge in [0.1, 0.15) is 5.75 Å². The summed E-state index contributed by atoms with van der Waals surface area (Å²) in [5.74, 6) is -0.525. The summed E-state index contributed by atoms with van der Waals surface area (Å²) >= 11 is 0. The minimum Gasteiger partial charge on any atom is -0.496 e. The Bertz CT molecular complexity index is 513. The lowest BCUT2D eigenvalue weighted by Crippen LogP contribution is -2.51. The first kappa shape index (κ1) is 15.9. The Balaban J connectivity index is 3.13. The van der Waals surface area contributed by atoms with Crippen molar-refractivity contribution in [1.29, 1.82) is 0 Å². The van der Waals surface area contributed by atoms with Crippen LogP contribution in [0.25, 0.3) is 0 Å². The molecule has 0 saturated carbocycles. The van der Waals surface area contributed by atoms with Gasteiger partial charge < -0.3 is 20.3 Å². The van der Waals surface area contributed by atoms with Crippen LogP contribution in [0.3, 0.4) is 0 Å². The Hall–Kier alpha value is -2.19. The van der Waals surface area contributed by atoms with Gasteiger partial charge in [-0.25, -0.2) is 0 Å². The Morgan fingerprint density at radius 3 is 2.50 bits per heavy atom. The van der Waals surface area contributed by atoms with Crippen LogP contribution in [-0.4, -0.2) is 46.9 Å². The highest BCUT2D eigenvalue weighted by atomic mass is 16.6. The van der Waals surface area contributed by atoms with Crippen molar-refractivity contribution in [2.24, 2.45) is 0 Å². The minimum absolute atomic E-state index is 0.0465. The SMILES string of the molecule is COc1ccc([N+](=O)[O-])cc1C(=O)NC(C)(CO)CO. The lowest BCUT2D eigenvalue weighted by Gasteiger charge is -2.26. The zero-order valence-electron chi connectivity index (χ0n) is 11.1. The number of non-ortho nitro benzene ring substituents is 1. The monoisotopic (exact) mass is 284 g/mol. The van der Waals surface area contributed by atoms with Crippen molar-refractivity contribution in [3.05, 3.63) is 33.9 Å². The molecule has 0 unspecified atom stereocenters. The van der Waals surface area contributed by atoms with E-state index in [2.05, 4.69) is 5.32 Å². The molecule has 0 saturated heterocycles. The highest BCUT2D eigenvalue weighted by molar-refractivity contribution is 5.98. The molecule has 0 radical (unpaired) electrons. The molecule has 0 atom stereocenters. The third kappa shape index (κ3) is 3.43. The summed E-state index contributed by atoms with van der Waals surface area (Å²) in [6.07, 6.45) is 0. The van der Waals surface area contributed by atoms with Gasteiger partial charge in [0.2, 0.25) is 0 Å². The number of carbonyl (C=O) groups is 1. The van der Waals surface area contributed by atoms with E-state index < -0.39 is 29.6 Å². The van der Waals surface area contributed by atoms with Crippen LogP contribution >= 0.6 is 0 Å². The lowest BCUT2D eigenvalue weighted by molar-refractivity contribution is -0.384.